The third-order valence-corrected chi connectivity index (χ3v) is 4.33. The summed E-state index contributed by atoms with van der Waals surface area (Å²) >= 11 is 0. The first kappa shape index (κ1) is 17.6. The highest BCUT2D eigenvalue weighted by Crippen LogP contribution is 2.30. The number of carbonyl (C=O) groups excluding carboxylic acids is 2. The van der Waals surface area contributed by atoms with Gasteiger partial charge in [-0.2, -0.15) is 13.5 Å². The van der Waals surface area contributed by atoms with Gasteiger partial charge >= 0.3 is 16.4 Å². The molecule has 25 heavy (non-hydrogen) atoms. The van der Waals surface area contributed by atoms with E-state index in [9.17, 15) is 18.0 Å². The Kier molecular flexibility index (Phi) is 4.89. The molecule has 2 atom stereocenters. The smallest absolute Gasteiger partial charge is 0.335 e. The summed E-state index contributed by atoms with van der Waals surface area (Å²) < 4.78 is 36.5. The van der Waals surface area contributed by atoms with Gasteiger partial charge in [-0.05, 0) is 12.8 Å². The first-order valence-electron chi connectivity index (χ1n) is 7.49. The second kappa shape index (κ2) is 6.95. The van der Waals surface area contributed by atoms with Crippen molar-refractivity contribution in [3.8, 4) is 0 Å². The van der Waals surface area contributed by atoms with Crippen molar-refractivity contribution in [1.82, 2.24) is 25.0 Å². The van der Waals surface area contributed by atoms with Crippen LogP contribution in [0.25, 0.3) is 0 Å². The molecule has 3 rings (SSSR count). The zero-order valence-electron chi connectivity index (χ0n) is 13.0. The highest BCUT2D eigenvalue weighted by molar-refractivity contribution is 7.80. The van der Waals surface area contributed by atoms with E-state index in [1.165, 1.54) is 4.90 Å². The van der Waals surface area contributed by atoms with Crippen LogP contribution in [0.2, 0.25) is 0 Å². The minimum Gasteiger partial charge on any atom is -0.335 e. The van der Waals surface area contributed by atoms with Gasteiger partial charge in [0.05, 0.1) is 19.0 Å². The number of fused-ring (bicyclic) bond motifs is 2. The average molecular weight is 375 g/mol. The lowest BCUT2D eigenvalue weighted by molar-refractivity contribution is -0.139. The number of nitrogens with one attached hydrogen (secondary N) is 1. The van der Waals surface area contributed by atoms with E-state index in [4.69, 9.17) is 9.39 Å². The molecular formula is C12H17N5O7S. The number of hydrogen-bond donors (Lipinski definition) is 2. The molecule has 1 aromatic heterocycles. The van der Waals surface area contributed by atoms with Crippen LogP contribution in [0.15, 0.2) is 18.7 Å². The van der Waals surface area contributed by atoms with Gasteiger partial charge < -0.3 is 9.47 Å². The molecule has 0 spiro atoms. The van der Waals surface area contributed by atoms with Crippen LogP contribution < -0.4 is 5.48 Å². The highest BCUT2D eigenvalue weighted by atomic mass is 32.3. The van der Waals surface area contributed by atoms with E-state index in [-0.39, 0.29) is 13.2 Å². The molecule has 0 aliphatic carbocycles. The SMILES string of the molecule is O=C(NOCCn1ccnc1)[C@@H]1CCC2CN1C(=O)N2OS(=O)(=O)O. The molecule has 2 bridgehead atoms. The van der Waals surface area contributed by atoms with E-state index in [1.54, 1.807) is 23.3 Å². The standard InChI is InChI=1S/C12H17N5O7S/c18-11(14-23-6-5-15-4-3-13-8-15)10-2-1-9-7-16(10)12(19)17(9)24-25(20,21)22/h3-4,8-10H,1-2,5-7H2,(H,14,18)(H,20,21,22)/t9?,10-/m0/s1. The Hall–Kier alpha value is -2.22. The number of amides is 3. The zero-order chi connectivity index (χ0) is 18.0. The molecule has 2 aliphatic rings. The van der Waals surface area contributed by atoms with E-state index >= 15 is 0 Å². The Bertz CT molecular complexity index is 737. The number of imidazole rings is 1. The lowest BCUT2D eigenvalue weighted by Gasteiger charge is -2.28. The van der Waals surface area contributed by atoms with Crippen molar-refractivity contribution >= 4 is 22.3 Å². The summed E-state index contributed by atoms with van der Waals surface area (Å²) in [5, 5.41) is 0.586. The summed E-state index contributed by atoms with van der Waals surface area (Å²) in [7, 11) is -4.81. The van der Waals surface area contributed by atoms with E-state index < -0.39 is 34.4 Å². The maximum absolute atomic E-state index is 12.2. The molecule has 12 nitrogen and oxygen atoms in total. The van der Waals surface area contributed by atoms with Crippen molar-refractivity contribution < 1.29 is 31.7 Å². The van der Waals surface area contributed by atoms with E-state index in [0.717, 1.165) is 0 Å². The van der Waals surface area contributed by atoms with Gasteiger partial charge in [-0.3, -0.25) is 14.2 Å². The maximum Gasteiger partial charge on any atom is 0.418 e. The maximum atomic E-state index is 12.2. The van der Waals surface area contributed by atoms with Crippen molar-refractivity contribution in [2.75, 3.05) is 13.2 Å². The van der Waals surface area contributed by atoms with Gasteiger partial charge in [0.1, 0.15) is 6.04 Å². The van der Waals surface area contributed by atoms with Crippen molar-refractivity contribution in [3.05, 3.63) is 18.7 Å². The van der Waals surface area contributed by atoms with Crippen LogP contribution in [0.5, 0.6) is 0 Å². The number of hydroxylamine groups is 3. The molecule has 2 fully saturated rings. The predicted octanol–water partition coefficient (Wildman–Crippen LogP) is -1.07. The number of aromatic nitrogens is 2. The molecule has 3 heterocycles. The van der Waals surface area contributed by atoms with Crippen LogP contribution in [-0.2, 0) is 30.9 Å². The van der Waals surface area contributed by atoms with Crippen LogP contribution in [0.4, 0.5) is 4.79 Å². The van der Waals surface area contributed by atoms with Crippen LogP contribution >= 0.6 is 0 Å². The Morgan fingerprint density at radius 1 is 1.44 bits per heavy atom. The van der Waals surface area contributed by atoms with Crippen LogP contribution in [0.1, 0.15) is 12.8 Å². The fourth-order valence-electron chi connectivity index (χ4n) is 2.86. The monoisotopic (exact) mass is 375 g/mol. The molecule has 1 unspecified atom stereocenters. The van der Waals surface area contributed by atoms with E-state index in [1.807, 2.05) is 0 Å². The topological polar surface area (TPSA) is 143 Å². The summed E-state index contributed by atoms with van der Waals surface area (Å²) in [4.78, 5) is 34.6. The van der Waals surface area contributed by atoms with Crippen LogP contribution in [0.3, 0.4) is 0 Å². The van der Waals surface area contributed by atoms with Gasteiger partial charge in [0, 0.05) is 25.5 Å². The number of piperidine rings is 1. The van der Waals surface area contributed by atoms with Gasteiger partial charge in [-0.15, -0.1) is 4.28 Å². The number of carbonyl (C=O) groups is 2. The zero-order valence-corrected chi connectivity index (χ0v) is 13.8. The quantitative estimate of drug-likeness (QED) is 0.348. The molecule has 0 saturated carbocycles. The Balaban J connectivity index is 1.51. The molecular weight excluding hydrogens is 358 g/mol. The second-order valence-corrected chi connectivity index (χ2v) is 6.63. The summed E-state index contributed by atoms with van der Waals surface area (Å²) in [6.07, 6.45) is 5.65. The third-order valence-electron chi connectivity index (χ3n) is 3.98. The normalized spacial score (nSPS) is 23.2. The summed E-state index contributed by atoms with van der Waals surface area (Å²) in [6, 6.07) is -2.13. The van der Waals surface area contributed by atoms with Crippen molar-refractivity contribution in [2.45, 2.75) is 31.5 Å². The minimum atomic E-state index is -4.81. The summed E-state index contributed by atoms with van der Waals surface area (Å²) in [6.45, 7) is 0.830. The fourth-order valence-corrected chi connectivity index (χ4v) is 3.25. The van der Waals surface area contributed by atoms with Crippen LogP contribution in [-0.4, -0.2) is 69.7 Å². The van der Waals surface area contributed by atoms with Crippen LogP contribution in [0, 0.1) is 0 Å². The third kappa shape index (κ3) is 4.07. The number of nitrogens with zero attached hydrogens (tertiary/aromatic N) is 4. The second-order valence-electron chi connectivity index (χ2n) is 5.63. The molecule has 0 radical (unpaired) electrons. The first-order valence-corrected chi connectivity index (χ1v) is 8.86. The van der Waals surface area contributed by atoms with Gasteiger partial charge in [0.2, 0.25) is 0 Å². The lowest BCUT2D eigenvalue weighted by atomic mass is 10.0. The van der Waals surface area contributed by atoms with Gasteiger partial charge in [0.25, 0.3) is 5.91 Å². The Morgan fingerprint density at radius 2 is 2.24 bits per heavy atom. The molecule has 13 heteroatoms. The number of rotatable bonds is 7. The molecule has 0 aromatic carbocycles. The minimum absolute atomic E-state index is 0.126. The van der Waals surface area contributed by atoms with Crippen molar-refractivity contribution in [3.63, 3.8) is 0 Å². The van der Waals surface area contributed by atoms with Crippen molar-refractivity contribution in [2.24, 2.45) is 0 Å². The Morgan fingerprint density at radius 3 is 2.92 bits per heavy atom. The Labute approximate surface area is 143 Å². The molecule has 2 aliphatic heterocycles. The number of urea groups is 1. The summed E-state index contributed by atoms with van der Waals surface area (Å²) in [5.41, 5.74) is 2.29. The average Bonchev–Trinajstić information content (AvgIpc) is 3.14. The van der Waals surface area contributed by atoms with Gasteiger partial charge in [-0.25, -0.2) is 15.3 Å². The largest absolute Gasteiger partial charge is 0.418 e. The molecule has 1 aromatic rings. The summed E-state index contributed by atoms with van der Waals surface area (Å²) in [5.74, 6) is -0.508. The lowest BCUT2D eigenvalue weighted by Crippen LogP contribution is -2.49. The predicted molar refractivity (Wildman–Crippen MR) is 79.7 cm³/mol. The first-order chi connectivity index (χ1) is 11.8. The highest BCUT2D eigenvalue weighted by Gasteiger charge is 2.49. The number of hydrogen-bond acceptors (Lipinski definition) is 7. The molecule has 138 valence electrons. The van der Waals surface area contributed by atoms with Gasteiger partial charge in [0.15, 0.2) is 0 Å². The molecule has 2 N–H and O–H groups in total. The van der Waals surface area contributed by atoms with Gasteiger partial charge in [-0.1, -0.05) is 0 Å². The fraction of sp³-hybridized carbons (Fsp3) is 0.583. The van der Waals surface area contributed by atoms with E-state index in [0.29, 0.717) is 24.4 Å². The van der Waals surface area contributed by atoms with Crippen molar-refractivity contribution in [1.29, 1.82) is 0 Å². The molecule has 2 saturated heterocycles. The van der Waals surface area contributed by atoms with E-state index in [2.05, 4.69) is 14.7 Å². The molecule has 3 amide bonds.